The Hall–Kier alpha value is -2.68. The second-order valence-corrected chi connectivity index (χ2v) is 6.05. The van der Waals surface area contributed by atoms with Gasteiger partial charge in [-0.15, -0.1) is 0 Å². The van der Waals surface area contributed by atoms with Crippen LogP contribution in [-0.4, -0.2) is 4.98 Å². The summed E-state index contributed by atoms with van der Waals surface area (Å²) in [5.41, 5.74) is 4.35. The monoisotopic (exact) mass is 305 g/mol. The van der Waals surface area contributed by atoms with Crippen LogP contribution < -0.4 is 0 Å². The van der Waals surface area contributed by atoms with Crippen molar-refractivity contribution < 1.29 is 8.81 Å². The summed E-state index contributed by atoms with van der Waals surface area (Å²) in [4.78, 5) is 4.50. The van der Waals surface area contributed by atoms with E-state index < -0.39 is 0 Å². The number of aromatic nitrogens is 1. The molecule has 0 aliphatic carbocycles. The second-order valence-electron chi connectivity index (χ2n) is 6.05. The quantitative estimate of drug-likeness (QED) is 0.460. The van der Waals surface area contributed by atoms with E-state index in [2.05, 4.69) is 24.9 Å². The molecule has 4 aromatic rings. The molecule has 0 saturated carbocycles. The van der Waals surface area contributed by atoms with Crippen molar-refractivity contribution in [3.8, 4) is 11.3 Å². The lowest BCUT2D eigenvalue weighted by Gasteiger charge is -2.07. The van der Waals surface area contributed by atoms with Crippen molar-refractivity contribution >= 4 is 21.9 Å². The van der Waals surface area contributed by atoms with E-state index in [9.17, 15) is 4.39 Å². The van der Waals surface area contributed by atoms with Crippen LogP contribution >= 0.6 is 0 Å². The van der Waals surface area contributed by atoms with Gasteiger partial charge in [-0.1, -0.05) is 26.0 Å². The lowest BCUT2D eigenvalue weighted by atomic mass is 10.0. The van der Waals surface area contributed by atoms with Crippen LogP contribution in [0.3, 0.4) is 0 Å². The SMILES string of the molecule is CC(C)c1ccnc(-c2cccc3c2oc2cc(F)ccc23)c1. The molecule has 0 amide bonds. The third-order valence-corrected chi connectivity index (χ3v) is 4.19. The summed E-state index contributed by atoms with van der Waals surface area (Å²) in [7, 11) is 0. The zero-order valence-corrected chi connectivity index (χ0v) is 13.0. The average molecular weight is 305 g/mol. The number of fused-ring (bicyclic) bond motifs is 3. The van der Waals surface area contributed by atoms with Crippen LogP contribution in [-0.2, 0) is 0 Å². The molecule has 2 aromatic heterocycles. The van der Waals surface area contributed by atoms with E-state index in [0.717, 1.165) is 27.6 Å². The molecule has 0 bridgehead atoms. The number of pyridine rings is 1. The molecular weight excluding hydrogens is 289 g/mol. The van der Waals surface area contributed by atoms with E-state index in [4.69, 9.17) is 4.42 Å². The van der Waals surface area contributed by atoms with E-state index in [1.165, 1.54) is 17.7 Å². The molecule has 0 aliphatic heterocycles. The van der Waals surface area contributed by atoms with Gasteiger partial charge in [0.25, 0.3) is 0 Å². The van der Waals surface area contributed by atoms with Crippen molar-refractivity contribution in [2.75, 3.05) is 0 Å². The summed E-state index contributed by atoms with van der Waals surface area (Å²) in [5.74, 6) is 0.138. The molecule has 3 heteroatoms. The highest BCUT2D eigenvalue weighted by atomic mass is 19.1. The molecule has 114 valence electrons. The lowest BCUT2D eigenvalue weighted by molar-refractivity contribution is 0.618. The van der Waals surface area contributed by atoms with Gasteiger partial charge in [-0.2, -0.15) is 0 Å². The first-order chi connectivity index (χ1) is 11.1. The molecule has 0 aliphatic rings. The number of halogens is 1. The van der Waals surface area contributed by atoms with Gasteiger partial charge in [-0.05, 0) is 41.8 Å². The van der Waals surface area contributed by atoms with Crippen molar-refractivity contribution in [1.82, 2.24) is 4.98 Å². The molecule has 0 atom stereocenters. The Morgan fingerprint density at radius 1 is 1.00 bits per heavy atom. The average Bonchev–Trinajstić information content (AvgIpc) is 2.92. The highest BCUT2D eigenvalue weighted by Gasteiger charge is 2.14. The molecule has 0 N–H and O–H groups in total. The summed E-state index contributed by atoms with van der Waals surface area (Å²) >= 11 is 0. The van der Waals surface area contributed by atoms with Gasteiger partial charge in [-0.25, -0.2) is 4.39 Å². The van der Waals surface area contributed by atoms with Crippen LogP contribution in [0.1, 0.15) is 25.3 Å². The maximum absolute atomic E-state index is 13.5. The van der Waals surface area contributed by atoms with Gasteiger partial charge in [0.1, 0.15) is 17.0 Å². The first-order valence-electron chi connectivity index (χ1n) is 7.70. The van der Waals surface area contributed by atoms with E-state index in [-0.39, 0.29) is 5.82 Å². The third kappa shape index (κ3) is 2.29. The van der Waals surface area contributed by atoms with Crippen molar-refractivity contribution in [2.24, 2.45) is 0 Å². The number of benzene rings is 2. The summed E-state index contributed by atoms with van der Waals surface area (Å²) in [6, 6.07) is 14.7. The second kappa shape index (κ2) is 5.20. The van der Waals surface area contributed by atoms with Crippen LogP contribution in [0.5, 0.6) is 0 Å². The van der Waals surface area contributed by atoms with Crippen molar-refractivity contribution in [3.05, 3.63) is 66.1 Å². The van der Waals surface area contributed by atoms with Gasteiger partial charge < -0.3 is 4.42 Å². The summed E-state index contributed by atoms with van der Waals surface area (Å²) in [5, 5.41) is 1.90. The topological polar surface area (TPSA) is 26.0 Å². The summed E-state index contributed by atoms with van der Waals surface area (Å²) < 4.78 is 19.4. The molecule has 0 fully saturated rings. The fourth-order valence-electron chi connectivity index (χ4n) is 2.93. The Kier molecular flexibility index (Phi) is 3.15. The van der Waals surface area contributed by atoms with Gasteiger partial charge in [0, 0.05) is 28.6 Å². The minimum atomic E-state index is -0.293. The zero-order chi connectivity index (χ0) is 16.0. The smallest absolute Gasteiger partial charge is 0.144 e. The van der Waals surface area contributed by atoms with Gasteiger partial charge in [0.05, 0.1) is 5.69 Å². The van der Waals surface area contributed by atoms with Crippen molar-refractivity contribution in [3.63, 3.8) is 0 Å². The minimum absolute atomic E-state index is 0.293. The largest absolute Gasteiger partial charge is 0.455 e. The van der Waals surface area contributed by atoms with E-state index in [1.807, 2.05) is 30.5 Å². The molecule has 0 unspecified atom stereocenters. The predicted octanol–water partition coefficient (Wildman–Crippen LogP) is 5.91. The molecule has 0 spiro atoms. The molecule has 2 heterocycles. The Labute approximate surface area is 133 Å². The van der Waals surface area contributed by atoms with Gasteiger partial charge in [0.2, 0.25) is 0 Å². The fourth-order valence-corrected chi connectivity index (χ4v) is 2.93. The van der Waals surface area contributed by atoms with Crippen LogP contribution in [0.2, 0.25) is 0 Å². The van der Waals surface area contributed by atoms with E-state index in [0.29, 0.717) is 11.5 Å². The molecule has 0 radical (unpaired) electrons. The summed E-state index contributed by atoms with van der Waals surface area (Å²) in [6.07, 6.45) is 1.83. The van der Waals surface area contributed by atoms with Gasteiger partial charge in [-0.3, -0.25) is 4.98 Å². The van der Waals surface area contributed by atoms with Gasteiger partial charge in [0.15, 0.2) is 0 Å². The highest BCUT2D eigenvalue weighted by molar-refractivity contribution is 6.09. The fraction of sp³-hybridized carbons (Fsp3) is 0.150. The Morgan fingerprint density at radius 2 is 1.87 bits per heavy atom. The number of hydrogen-bond acceptors (Lipinski definition) is 2. The van der Waals surface area contributed by atoms with Crippen LogP contribution in [0.25, 0.3) is 33.2 Å². The number of rotatable bonds is 2. The number of furan rings is 1. The molecule has 2 aromatic carbocycles. The lowest BCUT2D eigenvalue weighted by Crippen LogP contribution is -1.90. The number of hydrogen-bond donors (Lipinski definition) is 0. The number of nitrogens with zero attached hydrogens (tertiary/aromatic N) is 1. The van der Waals surface area contributed by atoms with Crippen molar-refractivity contribution in [2.45, 2.75) is 19.8 Å². The third-order valence-electron chi connectivity index (χ3n) is 4.19. The number of para-hydroxylation sites is 1. The maximum atomic E-state index is 13.5. The molecule has 0 saturated heterocycles. The van der Waals surface area contributed by atoms with Crippen LogP contribution in [0, 0.1) is 5.82 Å². The molecular formula is C20H16FNO. The zero-order valence-electron chi connectivity index (χ0n) is 13.0. The molecule has 23 heavy (non-hydrogen) atoms. The van der Waals surface area contributed by atoms with Crippen molar-refractivity contribution in [1.29, 1.82) is 0 Å². The van der Waals surface area contributed by atoms with Gasteiger partial charge >= 0.3 is 0 Å². The molecule has 2 nitrogen and oxygen atoms in total. The standard InChI is InChI=1S/C20H16FNO/c1-12(2)13-8-9-22-18(10-13)17-5-3-4-16-15-7-6-14(21)11-19(15)23-20(16)17/h3-12H,1-2H3. The highest BCUT2D eigenvalue weighted by Crippen LogP contribution is 2.35. The first-order valence-corrected chi connectivity index (χ1v) is 7.70. The normalized spacial score (nSPS) is 11.7. The first kappa shape index (κ1) is 13.9. The van der Waals surface area contributed by atoms with E-state index >= 15 is 0 Å². The van der Waals surface area contributed by atoms with Crippen LogP contribution in [0.15, 0.2) is 59.1 Å². The predicted molar refractivity (Wildman–Crippen MR) is 91.0 cm³/mol. The Bertz CT molecular complexity index is 1020. The Balaban J connectivity index is 2.00. The minimum Gasteiger partial charge on any atom is -0.455 e. The molecule has 4 rings (SSSR count). The van der Waals surface area contributed by atoms with E-state index in [1.54, 1.807) is 6.07 Å². The Morgan fingerprint density at radius 3 is 2.70 bits per heavy atom. The summed E-state index contributed by atoms with van der Waals surface area (Å²) in [6.45, 7) is 4.31. The maximum Gasteiger partial charge on any atom is 0.144 e. The van der Waals surface area contributed by atoms with Crippen LogP contribution in [0.4, 0.5) is 4.39 Å².